The molecule has 23 heavy (non-hydrogen) atoms. The lowest BCUT2D eigenvalue weighted by molar-refractivity contribution is 0.0518. The summed E-state index contributed by atoms with van der Waals surface area (Å²) in [5.41, 5.74) is 9.34. The van der Waals surface area contributed by atoms with E-state index in [0.717, 1.165) is 0 Å². The maximum absolute atomic E-state index is 12.2. The third kappa shape index (κ3) is 3.10. The highest BCUT2D eigenvalue weighted by atomic mass is 16.5. The Labute approximate surface area is 132 Å². The monoisotopic (exact) mass is 311 g/mol. The molecule has 0 saturated heterocycles. The maximum Gasteiger partial charge on any atom is 0.355 e. The predicted octanol–water partition coefficient (Wildman–Crippen LogP) is 3.48. The lowest BCUT2D eigenvalue weighted by Gasteiger charge is -2.10. The summed E-state index contributed by atoms with van der Waals surface area (Å²) in [7, 11) is 1.54. The zero-order valence-corrected chi connectivity index (χ0v) is 12.6. The Balaban J connectivity index is 2.68. The van der Waals surface area contributed by atoms with Crippen LogP contribution in [0.3, 0.4) is 0 Å². The summed E-state index contributed by atoms with van der Waals surface area (Å²) < 4.78 is 11.6. The smallest absolute Gasteiger partial charge is 0.355 e. The number of esters is 1. The summed E-state index contributed by atoms with van der Waals surface area (Å²) in [5, 5.41) is 12.7. The molecule has 2 rings (SSSR count). The largest absolute Gasteiger partial charge is 0.497 e. The fraction of sp³-hybridized carbons (Fsp3) is 0.200. The van der Waals surface area contributed by atoms with Crippen molar-refractivity contribution in [2.45, 2.75) is 6.92 Å². The highest BCUT2D eigenvalue weighted by molar-refractivity contribution is 5.95. The lowest BCUT2D eigenvalue weighted by atomic mass is 10.2. The van der Waals surface area contributed by atoms with Crippen molar-refractivity contribution in [1.82, 2.24) is 4.57 Å². The minimum Gasteiger partial charge on any atom is -0.497 e. The van der Waals surface area contributed by atoms with E-state index in [-0.39, 0.29) is 23.6 Å². The normalized spacial score (nSPS) is 9.61. The number of carbonyl (C=O) groups is 1. The average Bonchev–Trinajstić information content (AvgIpc) is 2.94. The van der Waals surface area contributed by atoms with E-state index < -0.39 is 5.97 Å². The molecule has 0 aliphatic carbocycles. The van der Waals surface area contributed by atoms with Crippen molar-refractivity contribution in [3.05, 3.63) is 52.2 Å². The highest BCUT2D eigenvalue weighted by Crippen LogP contribution is 2.30. The number of azide groups is 1. The molecule has 1 heterocycles. The molecule has 0 spiro atoms. The SMILES string of the molecule is CCOC(=O)c1c(N=[N+]=[N-])c(C#N)cn1-c1ccc(OC)cc1. The van der Waals surface area contributed by atoms with Crippen molar-refractivity contribution in [2.24, 2.45) is 5.11 Å². The van der Waals surface area contributed by atoms with E-state index in [2.05, 4.69) is 10.0 Å². The predicted molar refractivity (Wildman–Crippen MR) is 81.8 cm³/mol. The molecule has 8 heteroatoms. The summed E-state index contributed by atoms with van der Waals surface area (Å²) in [5.74, 6) is -0.0263. The molecule has 0 N–H and O–H groups in total. The summed E-state index contributed by atoms with van der Waals surface area (Å²) >= 11 is 0. The molecular formula is C15H13N5O3. The molecule has 0 saturated carbocycles. The Kier molecular flexibility index (Phi) is 4.87. The van der Waals surface area contributed by atoms with E-state index in [4.69, 9.17) is 15.0 Å². The van der Waals surface area contributed by atoms with E-state index in [9.17, 15) is 10.1 Å². The second kappa shape index (κ2) is 7.02. The number of benzene rings is 1. The van der Waals surface area contributed by atoms with Crippen LogP contribution in [-0.4, -0.2) is 24.3 Å². The molecule has 0 unspecified atom stereocenters. The summed E-state index contributed by atoms with van der Waals surface area (Å²) in [6, 6.07) is 8.76. The van der Waals surface area contributed by atoms with E-state index >= 15 is 0 Å². The van der Waals surface area contributed by atoms with Gasteiger partial charge in [-0.1, -0.05) is 5.11 Å². The zero-order valence-electron chi connectivity index (χ0n) is 12.6. The Morgan fingerprint density at radius 3 is 2.65 bits per heavy atom. The second-order valence-electron chi connectivity index (χ2n) is 4.33. The van der Waals surface area contributed by atoms with Gasteiger partial charge in [0, 0.05) is 16.8 Å². The fourth-order valence-electron chi connectivity index (χ4n) is 2.07. The molecule has 116 valence electrons. The second-order valence-corrected chi connectivity index (χ2v) is 4.33. The van der Waals surface area contributed by atoms with Crippen molar-refractivity contribution in [1.29, 1.82) is 5.26 Å². The van der Waals surface area contributed by atoms with Crippen LogP contribution in [-0.2, 0) is 4.74 Å². The van der Waals surface area contributed by atoms with Gasteiger partial charge in [0.25, 0.3) is 0 Å². The summed E-state index contributed by atoms with van der Waals surface area (Å²) in [6.07, 6.45) is 1.43. The molecule has 1 aromatic heterocycles. The minimum absolute atomic E-state index is 0.00590. The van der Waals surface area contributed by atoms with Crippen molar-refractivity contribution in [2.75, 3.05) is 13.7 Å². The molecule has 0 aliphatic heterocycles. The van der Waals surface area contributed by atoms with E-state index in [1.165, 1.54) is 10.8 Å². The number of methoxy groups -OCH3 is 1. The van der Waals surface area contributed by atoms with Crippen LogP contribution in [0, 0.1) is 11.3 Å². The summed E-state index contributed by atoms with van der Waals surface area (Å²) in [4.78, 5) is 14.9. The van der Waals surface area contributed by atoms with Crippen molar-refractivity contribution < 1.29 is 14.3 Å². The van der Waals surface area contributed by atoms with Crippen molar-refractivity contribution in [3.63, 3.8) is 0 Å². The summed E-state index contributed by atoms with van der Waals surface area (Å²) in [6.45, 7) is 1.82. The van der Waals surface area contributed by atoms with Gasteiger partial charge in [-0.15, -0.1) is 0 Å². The molecule has 2 aromatic rings. The highest BCUT2D eigenvalue weighted by Gasteiger charge is 2.23. The number of nitriles is 1. The minimum atomic E-state index is -0.674. The van der Waals surface area contributed by atoms with Gasteiger partial charge in [-0.25, -0.2) is 4.79 Å². The number of carbonyl (C=O) groups excluding carboxylic acids is 1. The van der Waals surface area contributed by atoms with Crippen LogP contribution in [0.15, 0.2) is 35.6 Å². The topological polar surface area (TPSA) is 113 Å². The quantitative estimate of drug-likeness (QED) is 0.364. The molecule has 0 amide bonds. The van der Waals surface area contributed by atoms with Gasteiger partial charge < -0.3 is 14.0 Å². The third-order valence-corrected chi connectivity index (χ3v) is 3.06. The zero-order chi connectivity index (χ0) is 16.8. The number of aromatic nitrogens is 1. The average molecular weight is 311 g/mol. The Bertz CT molecular complexity index is 811. The van der Waals surface area contributed by atoms with Gasteiger partial charge in [-0.3, -0.25) is 0 Å². The van der Waals surface area contributed by atoms with E-state index in [0.29, 0.717) is 11.4 Å². The van der Waals surface area contributed by atoms with Crippen LogP contribution < -0.4 is 4.74 Å². The van der Waals surface area contributed by atoms with Crippen molar-refractivity contribution in [3.8, 4) is 17.5 Å². The standard InChI is InChI=1S/C15H13N5O3/c1-3-23-15(21)14-13(18-19-17)10(8-16)9-20(14)11-4-6-12(22-2)7-5-11/h4-7,9H,3H2,1-2H3. The molecule has 0 atom stereocenters. The molecule has 0 fully saturated rings. The van der Waals surface area contributed by atoms with Crippen LogP contribution in [0.25, 0.3) is 16.1 Å². The van der Waals surface area contributed by atoms with Crippen molar-refractivity contribution >= 4 is 11.7 Å². The first-order chi connectivity index (χ1) is 11.2. The number of hydrogen-bond acceptors (Lipinski definition) is 5. The van der Waals surface area contributed by atoms with Gasteiger partial charge in [-0.2, -0.15) is 5.26 Å². The first-order valence-electron chi connectivity index (χ1n) is 6.68. The molecule has 0 aliphatic rings. The molecule has 0 radical (unpaired) electrons. The van der Waals surface area contributed by atoms with Crippen LogP contribution in [0.1, 0.15) is 23.0 Å². The van der Waals surface area contributed by atoms with Crippen LogP contribution in [0.2, 0.25) is 0 Å². The van der Waals surface area contributed by atoms with Gasteiger partial charge in [0.05, 0.1) is 25.0 Å². The molecule has 1 aromatic carbocycles. The Morgan fingerprint density at radius 1 is 1.43 bits per heavy atom. The number of ether oxygens (including phenoxy) is 2. The number of hydrogen-bond donors (Lipinski definition) is 0. The fourth-order valence-corrected chi connectivity index (χ4v) is 2.07. The molecular weight excluding hydrogens is 298 g/mol. The van der Waals surface area contributed by atoms with Gasteiger partial charge >= 0.3 is 5.97 Å². The van der Waals surface area contributed by atoms with E-state index in [1.54, 1.807) is 38.3 Å². The van der Waals surface area contributed by atoms with Gasteiger partial charge in [0.15, 0.2) is 0 Å². The Morgan fingerprint density at radius 2 is 2.13 bits per heavy atom. The third-order valence-electron chi connectivity index (χ3n) is 3.06. The van der Waals surface area contributed by atoms with Gasteiger partial charge in [0.2, 0.25) is 0 Å². The van der Waals surface area contributed by atoms with Crippen LogP contribution in [0.4, 0.5) is 5.69 Å². The maximum atomic E-state index is 12.2. The Hall–Kier alpha value is -3.43. The lowest BCUT2D eigenvalue weighted by Crippen LogP contribution is -2.10. The number of nitrogens with zero attached hydrogens (tertiary/aromatic N) is 5. The molecule has 0 bridgehead atoms. The first kappa shape index (κ1) is 15.9. The first-order valence-corrected chi connectivity index (χ1v) is 6.68. The van der Waals surface area contributed by atoms with Crippen LogP contribution >= 0.6 is 0 Å². The molecule has 8 nitrogen and oxygen atoms in total. The van der Waals surface area contributed by atoms with Crippen LogP contribution in [0.5, 0.6) is 5.75 Å². The van der Waals surface area contributed by atoms with E-state index in [1.807, 2.05) is 6.07 Å². The number of rotatable bonds is 5. The van der Waals surface area contributed by atoms with Gasteiger partial charge in [-0.05, 0) is 36.7 Å². The van der Waals surface area contributed by atoms with Gasteiger partial charge in [0.1, 0.15) is 17.5 Å².